The number of nitrogens with two attached hydrogens (primary N) is 1. The van der Waals surface area contributed by atoms with Crippen LogP contribution in [-0.2, 0) is 16.0 Å². The molecular formula is C10H17N3O4. The van der Waals surface area contributed by atoms with E-state index in [-0.39, 0.29) is 5.69 Å². The molecule has 0 unspecified atom stereocenters. The van der Waals surface area contributed by atoms with Crippen LogP contribution in [0.1, 0.15) is 6.42 Å². The monoisotopic (exact) mass is 243 g/mol. The van der Waals surface area contributed by atoms with E-state index < -0.39 is 11.2 Å². The molecule has 17 heavy (non-hydrogen) atoms. The normalized spacial score (nSPS) is 10.6. The summed E-state index contributed by atoms with van der Waals surface area (Å²) >= 11 is 0. The summed E-state index contributed by atoms with van der Waals surface area (Å²) in [6.07, 6.45) is 2.01. The van der Waals surface area contributed by atoms with E-state index in [1.54, 1.807) is 7.11 Å². The van der Waals surface area contributed by atoms with Gasteiger partial charge in [-0.1, -0.05) is 0 Å². The largest absolute Gasteiger partial charge is 0.393 e. The summed E-state index contributed by atoms with van der Waals surface area (Å²) in [4.78, 5) is 24.5. The molecule has 0 aliphatic carbocycles. The Labute approximate surface area is 98.2 Å². The highest BCUT2D eigenvalue weighted by Gasteiger charge is 2.00. The lowest BCUT2D eigenvalue weighted by atomic mass is 10.4. The van der Waals surface area contributed by atoms with Crippen molar-refractivity contribution in [3.63, 3.8) is 0 Å². The van der Waals surface area contributed by atoms with Crippen LogP contribution in [0.15, 0.2) is 15.8 Å². The van der Waals surface area contributed by atoms with Gasteiger partial charge in [-0.15, -0.1) is 0 Å². The molecule has 0 radical (unpaired) electrons. The van der Waals surface area contributed by atoms with E-state index in [9.17, 15) is 9.59 Å². The molecule has 0 saturated carbocycles. The van der Waals surface area contributed by atoms with Crippen molar-refractivity contribution in [1.82, 2.24) is 9.55 Å². The summed E-state index contributed by atoms with van der Waals surface area (Å²) in [6.45, 7) is 2.05. The predicted octanol–water partition coefficient (Wildman–Crippen LogP) is -0.828. The molecule has 0 aliphatic rings. The minimum atomic E-state index is -0.553. The Balaban J connectivity index is 2.39. The summed E-state index contributed by atoms with van der Waals surface area (Å²) in [7, 11) is 1.60. The Hall–Kier alpha value is -1.60. The highest BCUT2D eigenvalue weighted by molar-refractivity contribution is 5.30. The molecule has 7 heteroatoms. The minimum absolute atomic E-state index is 0.0323. The molecule has 0 amide bonds. The molecule has 0 atom stereocenters. The van der Waals surface area contributed by atoms with Gasteiger partial charge < -0.3 is 15.2 Å². The van der Waals surface area contributed by atoms with Gasteiger partial charge in [-0.25, -0.2) is 4.79 Å². The Morgan fingerprint density at radius 3 is 2.82 bits per heavy atom. The smallest absolute Gasteiger partial charge is 0.328 e. The Kier molecular flexibility index (Phi) is 5.44. The van der Waals surface area contributed by atoms with Gasteiger partial charge in [0.1, 0.15) is 5.69 Å². The number of hydrogen-bond donors (Lipinski definition) is 2. The molecule has 0 fully saturated rings. The van der Waals surface area contributed by atoms with Crippen molar-refractivity contribution in [1.29, 1.82) is 0 Å². The fraction of sp³-hybridized carbons (Fsp3) is 0.600. The first-order chi connectivity index (χ1) is 8.15. The van der Waals surface area contributed by atoms with Crippen LogP contribution in [0.2, 0.25) is 0 Å². The number of nitrogens with zero attached hydrogens (tertiary/aromatic N) is 1. The van der Waals surface area contributed by atoms with Crippen LogP contribution >= 0.6 is 0 Å². The number of nitrogen functional groups attached to an aromatic ring is 1. The minimum Gasteiger partial charge on any atom is -0.393 e. The number of H-pyrrole nitrogens is 1. The lowest BCUT2D eigenvalue weighted by Gasteiger charge is -2.06. The van der Waals surface area contributed by atoms with E-state index in [4.69, 9.17) is 15.2 Å². The SMILES string of the molecule is COCCOCCCn1cc(N)c(=O)[nH]c1=O. The quantitative estimate of drug-likeness (QED) is 0.609. The molecule has 0 saturated heterocycles. The third kappa shape index (κ3) is 4.41. The first-order valence-corrected chi connectivity index (χ1v) is 5.31. The second kappa shape index (κ2) is 6.87. The maximum atomic E-state index is 11.3. The van der Waals surface area contributed by atoms with E-state index in [0.29, 0.717) is 32.8 Å². The second-order valence-corrected chi connectivity index (χ2v) is 3.50. The van der Waals surface area contributed by atoms with Crippen molar-refractivity contribution in [3.8, 4) is 0 Å². The Morgan fingerprint density at radius 2 is 2.12 bits per heavy atom. The zero-order chi connectivity index (χ0) is 12.7. The fourth-order valence-corrected chi connectivity index (χ4v) is 1.27. The van der Waals surface area contributed by atoms with Crippen LogP contribution in [0, 0.1) is 0 Å². The fourth-order valence-electron chi connectivity index (χ4n) is 1.27. The van der Waals surface area contributed by atoms with Crippen molar-refractivity contribution in [2.24, 2.45) is 0 Å². The van der Waals surface area contributed by atoms with E-state index in [0.717, 1.165) is 0 Å². The molecule has 7 nitrogen and oxygen atoms in total. The summed E-state index contributed by atoms with van der Waals surface area (Å²) in [5.41, 5.74) is 4.43. The van der Waals surface area contributed by atoms with Gasteiger partial charge in [-0.05, 0) is 6.42 Å². The lowest BCUT2D eigenvalue weighted by molar-refractivity contribution is 0.0679. The van der Waals surface area contributed by atoms with Crippen LogP contribution < -0.4 is 17.0 Å². The number of nitrogens with one attached hydrogen (secondary N) is 1. The van der Waals surface area contributed by atoms with Gasteiger partial charge in [0.05, 0.1) is 13.2 Å². The summed E-state index contributed by atoms with van der Waals surface area (Å²) in [5, 5.41) is 0. The number of rotatable bonds is 7. The van der Waals surface area contributed by atoms with Crippen LogP contribution in [0.3, 0.4) is 0 Å². The van der Waals surface area contributed by atoms with Crippen LogP contribution in [0.25, 0.3) is 0 Å². The highest BCUT2D eigenvalue weighted by Crippen LogP contribution is 1.91. The van der Waals surface area contributed by atoms with Crippen molar-refractivity contribution < 1.29 is 9.47 Å². The van der Waals surface area contributed by atoms with E-state index >= 15 is 0 Å². The maximum absolute atomic E-state index is 11.3. The van der Waals surface area contributed by atoms with Crippen molar-refractivity contribution in [2.45, 2.75) is 13.0 Å². The van der Waals surface area contributed by atoms with Crippen molar-refractivity contribution in [3.05, 3.63) is 27.0 Å². The number of aromatic amines is 1. The third-order valence-corrected chi connectivity index (χ3v) is 2.16. The topological polar surface area (TPSA) is 99.3 Å². The number of hydrogen-bond acceptors (Lipinski definition) is 5. The number of aromatic nitrogens is 2. The van der Waals surface area contributed by atoms with Gasteiger partial charge in [0, 0.05) is 26.5 Å². The molecule has 0 aromatic carbocycles. The zero-order valence-electron chi connectivity index (χ0n) is 9.77. The van der Waals surface area contributed by atoms with Crippen LogP contribution in [0.4, 0.5) is 5.69 Å². The van der Waals surface area contributed by atoms with E-state index in [2.05, 4.69) is 4.98 Å². The molecule has 1 aromatic heterocycles. The molecule has 0 aliphatic heterocycles. The molecule has 0 bridgehead atoms. The van der Waals surface area contributed by atoms with Crippen molar-refractivity contribution >= 4 is 5.69 Å². The third-order valence-electron chi connectivity index (χ3n) is 2.16. The molecule has 1 aromatic rings. The van der Waals surface area contributed by atoms with Gasteiger partial charge in [-0.2, -0.15) is 0 Å². The molecule has 3 N–H and O–H groups in total. The van der Waals surface area contributed by atoms with Gasteiger partial charge in [0.25, 0.3) is 5.56 Å². The van der Waals surface area contributed by atoms with Crippen molar-refractivity contribution in [2.75, 3.05) is 32.7 Å². The molecule has 96 valence electrons. The van der Waals surface area contributed by atoms with E-state index in [1.807, 2.05) is 0 Å². The molecule has 0 spiro atoms. The number of ether oxygens (including phenoxy) is 2. The second-order valence-electron chi connectivity index (χ2n) is 3.50. The number of aryl methyl sites for hydroxylation is 1. The van der Waals surface area contributed by atoms with Gasteiger partial charge in [0.2, 0.25) is 0 Å². The van der Waals surface area contributed by atoms with Gasteiger partial charge in [0.15, 0.2) is 0 Å². The number of methoxy groups -OCH3 is 1. The highest BCUT2D eigenvalue weighted by atomic mass is 16.5. The summed E-state index contributed by atoms with van der Waals surface area (Å²) in [6, 6.07) is 0. The molecule has 1 rings (SSSR count). The van der Waals surface area contributed by atoms with Gasteiger partial charge in [-0.3, -0.25) is 14.3 Å². The molecular weight excluding hydrogens is 226 g/mol. The summed E-state index contributed by atoms with van der Waals surface area (Å²) < 4.78 is 11.4. The zero-order valence-corrected chi connectivity index (χ0v) is 9.77. The summed E-state index contributed by atoms with van der Waals surface area (Å²) in [5.74, 6) is 0. The molecule has 1 heterocycles. The maximum Gasteiger partial charge on any atom is 0.328 e. The Bertz CT molecular complexity index is 452. The number of anilines is 1. The first kappa shape index (κ1) is 13.5. The Morgan fingerprint density at radius 1 is 1.35 bits per heavy atom. The average molecular weight is 243 g/mol. The standard InChI is InChI=1S/C10H17N3O4/c1-16-5-6-17-4-2-3-13-7-8(11)9(14)12-10(13)15/h7H,2-6,11H2,1H3,(H,12,14,15). The average Bonchev–Trinajstić information content (AvgIpc) is 2.30. The van der Waals surface area contributed by atoms with Crippen LogP contribution in [-0.4, -0.2) is 36.5 Å². The van der Waals surface area contributed by atoms with Gasteiger partial charge >= 0.3 is 5.69 Å². The van der Waals surface area contributed by atoms with E-state index in [1.165, 1.54) is 10.8 Å². The van der Waals surface area contributed by atoms with Crippen LogP contribution in [0.5, 0.6) is 0 Å². The predicted molar refractivity (Wildman–Crippen MR) is 63.0 cm³/mol. The first-order valence-electron chi connectivity index (χ1n) is 5.31. The lowest BCUT2D eigenvalue weighted by Crippen LogP contribution is -2.31.